The van der Waals surface area contributed by atoms with Crippen LogP contribution < -0.4 is 0 Å². The quantitative estimate of drug-likeness (QED) is 0.806. The Balaban J connectivity index is 1.87. The van der Waals surface area contributed by atoms with Gasteiger partial charge in [0.1, 0.15) is 0 Å². The Labute approximate surface area is 97.4 Å². The smallest absolute Gasteiger partial charge is 0.254 e. The van der Waals surface area contributed by atoms with E-state index in [0.29, 0.717) is 0 Å². The van der Waals surface area contributed by atoms with Crippen LogP contribution in [0.2, 0.25) is 0 Å². The Kier molecular flexibility index (Phi) is 2.09. The van der Waals surface area contributed by atoms with Gasteiger partial charge in [-0.25, -0.2) is 0 Å². The van der Waals surface area contributed by atoms with E-state index in [2.05, 4.69) is 22.0 Å². The predicted molar refractivity (Wildman–Crippen MR) is 61.6 cm³/mol. The molecule has 0 aromatic heterocycles. The SMILES string of the molecule is O=C1c2ccc(Br)cc2CN1CC1CC1. The van der Waals surface area contributed by atoms with Crippen LogP contribution in [0.1, 0.15) is 28.8 Å². The molecule has 1 aliphatic heterocycles. The molecule has 2 aliphatic rings. The van der Waals surface area contributed by atoms with Gasteiger partial charge in [-0.15, -0.1) is 0 Å². The molecule has 1 aliphatic carbocycles. The van der Waals surface area contributed by atoms with Crippen LogP contribution in [0.5, 0.6) is 0 Å². The fourth-order valence-electron chi connectivity index (χ4n) is 2.11. The van der Waals surface area contributed by atoms with E-state index in [1.807, 2.05) is 17.0 Å². The second-order valence-corrected chi connectivity index (χ2v) is 5.35. The van der Waals surface area contributed by atoms with Crippen LogP contribution in [0.3, 0.4) is 0 Å². The van der Waals surface area contributed by atoms with Gasteiger partial charge < -0.3 is 4.90 Å². The van der Waals surface area contributed by atoms with Crippen molar-refractivity contribution in [1.82, 2.24) is 4.90 Å². The van der Waals surface area contributed by atoms with Gasteiger partial charge in [0, 0.05) is 23.1 Å². The standard InChI is InChI=1S/C12H12BrNO/c13-10-3-4-11-9(5-10)7-14(12(11)15)6-8-1-2-8/h3-5,8H,1-2,6-7H2. The largest absolute Gasteiger partial charge is 0.334 e. The fraction of sp³-hybridized carbons (Fsp3) is 0.417. The lowest BCUT2D eigenvalue weighted by molar-refractivity contribution is 0.0771. The van der Waals surface area contributed by atoms with Gasteiger partial charge in [-0.1, -0.05) is 15.9 Å². The van der Waals surface area contributed by atoms with Gasteiger partial charge in [0.05, 0.1) is 0 Å². The number of fused-ring (bicyclic) bond motifs is 1. The van der Waals surface area contributed by atoms with E-state index in [0.717, 1.165) is 34.6 Å². The highest BCUT2D eigenvalue weighted by molar-refractivity contribution is 9.10. The molecular formula is C12H12BrNO. The van der Waals surface area contributed by atoms with E-state index in [9.17, 15) is 4.79 Å². The molecular weight excluding hydrogens is 254 g/mol. The maximum atomic E-state index is 12.0. The molecule has 78 valence electrons. The van der Waals surface area contributed by atoms with Gasteiger partial charge in [0.15, 0.2) is 0 Å². The summed E-state index contributed by atoms with van der Waals surface area (Å²) in [4.78, 5) is 14.0. The van der Waals surface area contributed by atoms with Crippen molar-refractivity contribution in [2.45, 2.75) is 19.4 Å². The Morgan fingerprint density at radius 1 is 1.40 bits per heavy atom. The second-order valence-electron chi connectivity index (χ2n) is 4.43. The topological polar surface area (TPSA) is 20.3 Å². The van der Waals surface area contributed by atoms with Crippen LogP contribution in [-0.4, -0.2) is 17.4 Å². The van der Waals surface area contributed by atoms with Gasteiger partial charge in [0.2, 0.25) is 0 Å². The third kappa shape index (κ3) is 1.69. The van der Waals surface area contributed by atoms with Crippen molar-refractivity contribution in [3.05, 3.63) is 33.8 Å². The van der Waals surface area contributed by atoms with Crippen LogP contribution in [0, 0.1) is 5.92 Å². The highest BCUT2D eigenvalue weighted by Crippen LogP contribution is 2.33. The monoisotopic (exact) mass is 265 g/mol. The summed E-state index contributed by atoms with van der Waals surface area (Å²) in [6, 6.07) is 5.92. The van der Waals surface area contributed by atoms with E-state index >= 15 is 0 Å². The lowest BCUT2D eigenvalue weighted by atomic mass is 10.1. The third-order valence-electron chi connectivity index (χ3n) is 3.12. The van der Waals surface area contributed by atoms with Crippen molar-refractivity contribution in [2.24, 2.45) is 5.92 Å². The van der Waals surface area contributed by atoms with Crippen molar-refractivity contribution < 1.29 is 4.79 Å². The van der Waals surface area contributed by atoms with Crippen molar-refractivity contribution in [1.29, 1.82) is 0 Å². The minimum absolute atomic E-state index is 0.212. The number of hydrogen-bond donors (Lipinski definition) is 0. The molecule has 0 radical (unpaired) electrons. The first-order valence-electron chi connectivity index (χ1n) is 5.32. The maximum Gasteiger partial charge on any atom is 0.254 e. The van der Waals surface area contributed by atoms with Crippen LogP contribution in [-0.2, 0) is 6.54 Å². The molecule has 0 N–H and O–H groups in total. The Hall–Kier alpha value is -0.830. The molecule has 0 bridgehead atoms. The number of hydrogen-bond acceptors (Lipinski definition) is 1. The van der Waals surface area contributed by atoms with Crippen LogP contribution in [0.25, 0.3) is 0 Å². The molecule has 1 saturated carbocycles. The first kappa shape index (κ1) is 9.40. The number of amides is 1. The van der Waals surface area contributed by atoms with E-state index in [1.165, 1.54) is 12.8 Å². The Morgan fingerprint density at radius 2 is 2.20 bits per heavy atom. The molecule has 2 nitrogen and oxygen atoms in total. The molecule has 1 aromatic carbocycles. The van der Waals surface area contributed by atoms with Crippen LogP contribution in [0.15, 0.2) is 22.7 Å². The zero-order valence-corrected chi connectivity index (χ0v) is 9.96. The van der Waals surface area contributed by atoms with Crippen molar-refractivity contribution in [3.63, 3.8) is 0 Å². The molecule has 0 atom stereocenters. The summed E-state index contributed by atoms with van der Waals surface area (Å²) in [6.45, 7) is 1.75. The molecule has 0 unspecified atom stereocenters. The van der Waals surface area contributed by atoms with Crippen molar-refractivity contribution in [3.8, 4) is 0 Å². The number of carbonyl (C=O) groups is 1. The van der Waals surface area contributed by atoms with Gasteiger partial charge >= 0.3 is 0 Å². The van der Waals surface area contributed by atoms with E-state index in [1.54, 1.807) is 0 Å². The maximum absolute atomic E-state index is 12.0. The molecule has 1 fully saturated rings. The first-order chi connectivity index (χ1) is 7.24. The Bertz CT molecular complexity index is 426. The average Bonchev–Trinajstić information content (AvgIpc) is 2.95. The fourth-order valence-corrected chi connectivity index (χ4v) is 2.52. The lowest BCUT2D eigenvalue weighted by Gasteiger charge is -2.14. The number of halogens is 1. The molecule has 0 saturated heterocycles. The molecule has 1 heterocycles. The third-order valence-corrected chi connectivity index (χ3v) is 3.61. The zero-order valence-electron chi connectivity index (χ0n) is 8.37. The Morgan fingerprint density at radius 3 is 2.93 bits per heavy atom. The molecule has 3 heteroatoms. The van der Waals surface area contributed by atoms with Crippen LogP contribution in [0.4, 0.5) is 0 Å². The van der Waals surface area contributed by atoms with E-state index < -0.39 is 0 Å². The first-order valence-corrected chi connectivity index (χ1v) is 6.11. The molecule has 3 rings (SSSR count). The van der Waals surface area contributed by atoms with E-state index in [4.69, 9.17) is 0 Å². The van der Waals surface area contributed by atoms with Crippen LogP contribution >= 0.6 is 15.9 Å². The summed E-state index contributed by atoms with van der Waals surface area (Å²) < 4.78 is 1.06. The summed E-state index contributed by atoms with van der Waals surface area (Å²) in [5.41, 5.74) is 2.05. The lowest BCUT2D eigenvalue weighted by Crippen LogP contribution is -2.26. The highest BCUT2D eigenvalue weighted by Gasteiger charge is 2.32. The number of benzene rings is 1. The predicted octanol–water partition coefficient (Wildman–Crippen LogP) is 2.81. The zero-order chi connectivity index (χ0) is 10.4. The molecule has 1 amide bonds. The van der Waals surface area contributed by atoms with Gasteiger partial charge in [-0.2, -0.15) is 0 Å². The average molecular weight is 266 g/mol. The normalized spacial score (nSPS) is 19.5. The minimum Gasteiger partial charge on any atom is -0.334 e. The van der Waals surface area contributed by atoms with Crippen molar-refractivity contribution in [2.75, 3.05) is 6.54 Å². The summed E-state index contributed by atoms with van der Waals surface area (Å²) in [6.07, 6.45) is 2.59. The second kappa shape index (κ2) is 3.34. The van der Waals surface area contributed by atoms with Crippen molar-refractivity contribution >= 4 is 21.8 Å². The van der Waals surface area contributed by atoms with Gasteiger partial charge in [0.25, 0.3) is 5.91 Å². The molecule has 1 aromatic rings. The number of nitrogens with zero attached hydrogens (tertiary/aromatic N) is 1. The summed E-state index contributed by atoms with van der Waals surface area (Å²) in [5.74, 6) is 0.983. The molecule has 15 heavy (non-hydrogen) atoms. The van der Waals surface area contributed by atoms with E-state index in [-0.39, 0.29) is 5.91 Å². The summed E-state index contributed by atoms with van der Waals surface area (Å²) in [5, 5.41) is 0. The molecule has 0 spiro atoms. The number of carbonyl (C=O) groups excluding carboxylic acids is 1. The highest BCUT2D eigenvalue weighted by atomic mass is 79.9. The minimum atomic E-state index is 0.212. The number of rotatable bonds is 2. The van der Waals surface area contributed by atoms with Gasteiger partial charge in [-0.05, 0) is 42.5 Å². The summed E-state index contributed by atoms with van der Waals surface area (Å²) >= 11 is 3.44. The summed E-state index contributed by atoms with van der Waals surface area (Å²) in [7, 11) is 0. The van der Waals surface area contributed by atoms with Gasteiger partial charge in [-0.3, -0.25) is 4.79 Å².